The summed E-state index contributed by atoms with van der Waals surface area (Å²) in [5.41, 5.74) is 2.50. The summed E-state index contributed by atoms with van der Waals surface area (Å²) in [7, 11) is 0. The molecule has 1 saturated heterocycles. The number of imidazole rings is 1. The summed E-state index contributed by atoms with van der Waals surface area (Å²) in [5.74, 6) is 0.575. The smallest absolute Gasteiger partial charge is 0.328 e. The van der Waals surface area contributed by atoms with Crippen LogP contribution in [-0.2, 0) is 9.53 Å². The van der Waals surface area contributed by atoms with Crippen LogP contribution in [0.1, 0.15) is 55.3 Å². The Balaban J connectivity index is 1.43. The zero-order chi connectivity index (χ0) is 26.1. The van der Waals surface area contributed by atoms with Crippen LogP contribution in [0.3, 0.4) is 0 Å². The second kappa shape index (κ2) is 10.5. The van der Waals surface area contributed by atoms with E-state index < -0.39 is 6.04 Å². The molecule has 5 rings (SSSR count). The lowest BCUT2D eigenvalue weighted by molar-refractivity contribution is -0.149. The van der Waals surface area contributed by atoms with Gasteiger partial charge in [0.25, 0.3) is 5.91 Å². The van der Waals surface area contributed by atoms with Crippen LogP contribution < -0.4 is 5.32 Å². The fraction of sp³-hybridized carbons (Fsp3) is 0.346. The first-order valence-corrected chi connectivity index (χ1v) is 12.9. The fourth-order valence-electron chi connectivity index (χ4n) is 4.65. The Hall–Kier alpha value is -3.43. The van der Waals surface area contributed by atoms with Gasteiger partial charge < -0.3 is 19.9 Å². The first-order chi connectivity index (χ1) is 17.9. The van der Waals surface area contributed by atoms with Crippen molar-refractivity contribution < 1.29 is 14.3 Å². The van der Waals surface area contributed by atoms with Gasteiger partial charge in [-0.3, -0.25) is 4.79 Å². The van der Waals surface area contributed by atoms with Crippen LogP contribution in [-0.4, -0.2) is 55.9 Å². The fourth-order valence-corrected chi connectivity index (χ4v) is 5.07. The Bertz CT molecular complexity index is 1490. The zero-order valence-corrected chi connectivity index (χ0v) is 21.9. The molecule has 37 heavy (non-hydrogen) atoms. The lowest BCUT2D eigenvalue weighted by atomic mass is 10.0. The Labute approximate surface area is 223 Å². The first kappa shape index (κ1) is 25.2. The van der Waals surface area contributed by atoms with E-state index in [2.05, 4.69) is 25.3 Å². The lowest BCUT2D eigenvalue weighted by Crippen LogP contribution is -2.48. The molecule has 1 aliphatic heterocycles. The number of hydrogen-bond donors (Lipinski definition) is 2. The number of aromatic amines is 1. The first-order valence-electron chi connectivity index (χ1n) is 12.2. The quantitative estimate of drug-likeness (QED) is 0.308. The second-order valence-electron chi connectivity index (χ2n) is 8.98. The average molecular weight is 541 g/mol. The highest BCUT2D eigenvalue weighted by Crippen LogP contribution is 2.31. The Morgan fingerprint density at radius 1 is 1.19 bits per heavy atom. The van der Waals surface area contributed by atoms with Crippen molar-refractivity contribution in [2.45, 2.75) is 45.2 Å². The molecule has 2 aromatic carbocycles. The molecule has 1 aliphatic rings. The summed E-state index contributed by atoms with van der Waals surface area (Å²) in [4.78, 5) is 44.2. The van der Waals surface area contributed by atoms with Crippen LogP contribution >= 0.6 is 23.2 Å². The van der Waals surface area contributed by atoms with Gasteiger partial charge >= 0.3 is 5.97 Å². The van der Waals surface area contributed by atoms with Crippen LogP contribution in [0.2, 0.25) is 10.0 Å². The number of carbonyl (C=O) groups is 2. The SMILES string of the molecule is CCOC(=O)C1CCCCN1C(=O)c1cc2ncnc(NC(C)c3nc4ccc(Cl)cc4[nH]3)c2cc1Cl. The molecule has 3 heterocycles. The summed E-state index contributed by atoms with van der Waals surface area (Å²) in [6.07, 6.45) is 3.67. The van der Waals surface area contributed by atoms with Gasteiger partial charge in [0.1, 0.15) is 24.0 Å². The van der Waals surface area contributed by atoms with Crippen molar-refractivity contribution in [3.63, 3.8) is 0 Å². The molecule has 1 amide bonds. The van der Waals surface area contributed by atoms with E-state index in [4.69, 9.17) is 27.9 Å². The molecule has 0 radical (unpaired) electrons. The van der Waals surface area contributed by atoms with Gasteiger partial charge in [-0.15, -0.1) is 0 Å². The number of nitrogens with one attached hydrogen (secondary N) is 2. The van der Waals surface area contributed by atoms with Gasteiger partial charge in [0, 0.05) is 17.0 Å². The normalized spacial score (nSPS) is 16.6. The van der Waals surface area contributed by atoms with E-state index in [0.717, 1.165) is 29.7 Å². The standard InChI is InChI=1S/C26H26Cl2N6O3/c1-3-37-26(36)22-6-4-5-9-34(22)25(35)16-12-20-17(11-18(16)28)24(30-13-29-20)31-14(2)23-32-19-8-7-15(27)10-21(19)33-23/h7-8,10-14,22H,3-6,9H2,1-2H3,(H,32,33)(H,29,30,31). The summed E-state index contributed by atoms with van der Waals surface area (Å²) < 4.78 is 5.20. The number of likely N-dealkylation sites (tertiary alicyclic amines) is 1. The Kier molecular flexibility index (Phi) is 7.17. The van der Waals surface area contributed by atoms with Crippen LogP contribution in [0.15, 0.2) is 36.7 Å². The van der Waals surface area contributed by atoms with E-state index in [1.54, 1.807) is 30.0 Å². The second-order valence-corrected chi connectivity index (χ2v) is 9.83. The summed E-state index contributed by atoms with van der Waals surface area (Å²) in [6.45, 7) is 4.44. The number of ether oxygens (including phenoxy) is 1. The van der Waals surface area contributed by atoms with Gasteiger partial charge in [0.15, 0.2) is 0 Å². The minimum Gasteiger partial charge on any atom is -0.464 e. The lowest BCUT2D eigenvalue weighted by Gasteiger charge is -2.34. The highest BCUT2D eigenvalue weighted by atomic mass is 35.5. The third-order valence-corrected chi connectivity index (χ3v) is 7.05. The van der Waals surface area contributed by atoms with Gasteiger partial charge in [0.05, 0.1) is 39.8 Å². The van der Waals surface area contributed by atoms with Gasteiger partial charge in [0.2, 0.25) is 0 Å². The van der Waals surface area contributed by atoms with Gasteiger partial charge in [-0.2, -0.15) is 0 Å². The molecule has 0 spiro atoms. The molecule has 11 heteroatoms. The largest absolute Gasteiger partial charge is 0.464 e. The van der Waals surface area contributed by atoms with Crippen LogP contribution in [0, 0.1) is 0 Å². The minimum atomic E-state index is -0.616. The maximum atomic E-state index is 13.5. The molecule has 2 N–H and O–H groups in total. The number of anilines is 1. The average Bonchev–Trinajstić information content (AvgIpc) is 3.32. The summed E-state index contributed by atoms with van der Waals surface area (Å²) in [5, 5.41) is 4.91. The van der Waals surface area contributed by atoms with Gasteiger partial charge in [-0.25, -0.2) is 19.7 Å². The van der Waals surface area contributed by atoms with Crippen molar-refractivity contribution in [2.24, 2.45) is 0 Å². The number of nitrogens with zero attached hydrogens (tertiary/aromatic N) is 4. The van der Waals surface area contributed by atoms with E-state index in [9.17, 15) is 9.59 Å². The van der Waals surface area contributed by atoms with Crippen LogP contribution in [0.4, 0.5) is 5.82 Å². The molecule has 192 valence electrons. The number of amides is 1. The topological polar surface area (TPSA) is 113 Å². The van der Waals surface area contributed by atoms with Crippen molar-refractivity contribution in [3.05, 3.63) is 58.1 Å². The minimum absolute atomic E-state index is 0.219. The van der Waals surface area contributed by atoms with Crippen molar-refractivity contribution in [1.29, 1.82) is 0 Å². The van der Waals surface area contributed by atoms with E-state index in [1.165, 1.54) is 6.33 Å². The number of rotatable bonds is 6. The molecule has 0 aliphatic carbocycles. The number of fused-ring (bicyclic) bond motifs is 2. The van der Waals surface area contributed by atoms with E-state index in [0.29, 0.717) is 34.7 Å². The number of aromatic nitrogens is 4. The number of piperidine rings is 1. The molecule has 9 nitrogen and oxygen atoms in total. The van der Waals surface area contributed by atoms with Crippen molar-refractivity contribution in [1.82, 2.24) is 24.8 Å². The number of halogens is 2. The third kappa shape index (κ3) is 5.06. The zero-order valence-electron chi connectivity index (χ0n) is 20.4. The molecule has 2 atom stereocenters. The Morgan fingerprint density at radius 3 is 2.84 bits per heavy atom. The van der Waals surface area contributed by atoms with Gasteiger partial charge in [-0.1, -0.05) is 23.2 Å². The summed E-state index contributed by atoms with van der Waals surface area (Å²) >= 11 is 12.7. The molecule has 1 fully saturated rings. The van der Waals surface area contributed by atoms with Crippen molar-refractivity contribution in [3.8, 4) is 0 Å². The maximum Gasteiger partial charge on any atom is 0.328 e. The highest BCUT2D eigenvalue weighted by Gasteiger charge is 2.34. The predicted molar refractivity (Wildman–Crippen MR) is 143 cm³/mol. The van der Waals surface area contributed by atoms with Crippen molar-refractivity contribution in [2.75, 3.05) is 18.5 Å². The molecule has 0 saturated carbocycles. The number of carbonyl (C=O) groups excluding carboxylic acids is 2. The molecular formula is C26H26Cl2N6O3. The highest BCUT2D eigenvalue weighted by molar-refractivity contribution is 6.35. The van der Waals surface area contributed by atoms with Crippen molar-refractivity contribution >= 4 is 62.8 Å². The third-order valence-electron chi connectivity index (χ3n) is 6.50. The van der Waals surface area contributed by atoms with E-state index in [1.807, 2.05) is 19.1 Å². The Morgan fingerprint density at radius 2 is 2.03 bits per heavy atom. The van der Waals surface area contributed by atoms with E-state index >= 15 is 0 Å². The number of esters is 1. The van der Waals surface area contributed by atoms with Crippen LogP contribution in [0.5, 0.6) is 0 Å². The molecule has 4 aromatic rings. The monoisotopic (exact) mass is 540 g/mol. The van der Waals surface area contributed by atoms with Gasteiger partial charge in [-0.05, 0) is 63.4 Å². The molecule has 2 unspecified atom stereocenters. The summed E-state index contributed by atoms with van der Waals surface area (Å²) in [6, 6.07) is 7.98. The maximum absolute atomic E-state index is 13.5. The molecule has 2 aromatic heterocycles. The molecular weight excluding hydrogens is 515 g/mol. The predicted octanol–water partition coefficient (Wildman–Crippen LogP) is 5.54. The van der Waals surface area contributed by atoms with E-state index in [-0.39, 0.29) is 35.1 Å². The number of benzene rings is 2. The number of H-pyrrole nitrogens is 1. The molecule has 0 bridgehead atoms. The number of hydrogen-bond acceptors (Lipinski definition) is 7. The van der Waals surface area contributed by atoms with Crippen LogP contribution in [0.25, 0.3) is 21.9 Å².